The molecule has 3 rings (SSSR count). The third-order valence-electron chi connectivity index (χ3n) is 4.25. The first-order chi connectivity index (χ1) is 8.45. The van der Waals surface area contributed by atoms with Crippen molar-refractivity contribution < 1.29 is 23.2 Å². The Morgan fingerprint density at radius 2 is 1.47 bits per heavy atom. The molecule has 0 N–H and O–H groups in total. The van der Waals surface area contributed by atoms with Crippen molar-refractivity contribution in [1.82, 2.24) is 0 Å². The Labute approximate surface area is 114 Å². The molecule has 1 heteroatoms. The molecular weight excluding hydrogens is 283 g/mol. The Morgan fingerprint density at radius 1 is 0.882 bits per heavy atom. The summed E-state index contributed by atoms with van der Waals surface area (Å²) < 4.78 is 4.85. The minimum Gasteiger partial charge on any atom is -1.00 e. The maximum Gasteiger partial charge on any atom is -1.00 e. The van der Waals surface area contributed by atoms with Crippen LogP contribution in [-0.2, 0) is 21.8 Å². The summed E-state index contributed by atoms with van der Waals surface area (Å²) in [5, 5.41) is 0. The van der Waals surface area contributed by atoms with E-state index < -0.39 is 21.8 Å². The van der Waals surface area contributed by atoms with E-state index in [0.717, 1.165) is 3.63 Å². The molecule has 1 saturated carbocycles. The molecule has 1 fully saturated rings. The number of rotatable bonds is 3. The van der Waals surface area contributed by atoms with Gasteiger partial charge in [-0.15, -0.1) is 0 Å². The van der Waals surface area contributed by atoms with Crippen molar-refractivity contribution in [3.8, 4) is 0 Å². The van der Waals surface area contributed by atoms with Crippen LogP contribution in [-0.4, -0.2) is 0 Å². The van der Waals surface area contributed by atoms with Crippen molar-refractivity contribution in [2.24, 2.45) is 0 Å². The first-order valence-corrected chi connectivity index (χ1v) is 10.9. The van der Waals surface area contributed by atoms with Crippen LogP contribution in [0.15, 0.2) is 43.0 Å². The van der Waals surface area contributed by atoms with Gasteiger partial charge in [-0.05, 0) is 0 Å². The predicted molar refractivity (Wildman–Crippen MR) is 71.6 cm³/mol. The minimum absolute atomic E-state index is 0. The van der Waals surface area contributed by atoms with Gasteiger partial charge >= 0.3 is 113 Å². The quantitative estimate of drug-likeness (QED) is 0.676. The van der Waals surface area contributed by atoms with E-state index in [4.69, 9.17) is 0 Å². The van der Waals surface area contributed by atoms with Crippen molar-refractivity contribution >= 4 is 0 Å². The summed E-state index contributed by atoms with van der Waals surface area (Å²) in [6.45, 7) is 0. The van der Waals surface area contributed by atoms with Gasteiger partial charge in [0, 0.05) is 0 Å². The smallest absolute Gasteiger partial charge is 1.00 e. The zero-order chi connectivity index (χ0) is 11.5. The topological polar surface area (TPSA) is 0 Å². The van der Waals surface area contributed by atoms with Crippen LogP contribution in [0.25, 0.3) is 0 Å². The monoisotopic (exact) mass is 304 g/mol. The maximum absolute atomic E-state index is 2.46. The van der Waals surface area contributed by atoms with E-state index in [0.29, 0.717) is 0 Å². The molecule has 0 aliphatic heterocycles. The second-order valence-corrected chi connectivity index (χ2v) is 12.6. The Balaban J connectivity index is 0.00000120. The fourth-order valence-corrected chi connectivity index (χ4v) is 12.4. The maximum atomic E-state index is 2.46. The van der Waals surface area contributed by atoms with Crippen molar-refractivity contribution in [2.45, 2.75) is 48.6 Å². The van der Waals surface area contributed by atoms with Crippen LogP contribution in [0.3, 0.4) is 0 Å². The Kier molecular flexibility index (Phi) is 3.96. The van der Waals surface area contributed by atoms with E-state index in [9.17, 15) is 0 Å². The van der Waals surface area contributed by atoms with Gasteiger partial charge in [0.2, 0.25) is 0 Å². The van der Waals surface area contributed by atoms with Crippen LogP contribution in [0.5, 0.6) is 0 Å². The van der Waals surface area contributed by atoms with Gasteiger partial charge in [0.15, 0.2) is 0 Å². The summed E-state index contributed by atoms with van der Waals surface area (Å²) in [5.41, 5.74) is 0. The van der Waals surface area contributed by atoms with Gasteiger partial charge in [0.1, 0.15) is 0 Å². The standard InChI is InChI=1S/C6H11.2C5H5.Zr.H/c1-2-4-6-5-3-1;2*1-2-4-5-3-1;;/h1H,2-6H2;2*1-3H,4H2;;/q;;;+1;-1. The fraction of sp³-hybridized carbons (Fsp3) is 0.500. The summed E-state index contributed by atoms with van der Waals surface area (Å²) >= 11 is -1.48. The average molecular weight is 306 g/mol. The van der Waals surface area contributed by atoms with Gasteiger partial charge in [-0.25, -0.2) is 0 Å². The van der Waals surface area contributed by atoms with Crippen LogP contribution in [0, 0.1) is 0 Å². The molecule has 0 atom stereocenters. The van der Waals surface area contributed by atoms with Crippen LogP contribution < -0.4 is 0 Å². The van der Waals surface area contributed by atoms with Gasteiger partial charge < -0.3 is 1.43 Å². The van der Waals surface area contributed by atoms with Gasteiger partial charge in [-0.1, -0.05) is 0 Å². The molecule has 17 heavy (non-hydrogen) atoms. The predicted octanol–water partition coefficient (Wildman–Crippen LogP) is 5.16. The summed E-state index contributed by atoms with van der Waals surface area (Å²) in [5.74, 6) is 0. The molecule has 3 aliphatic rings. The molecule has 0 aromatic heterocycles. The second kappa shape index (κ2) is 5.66. The molecule has 0 aromatic rings. The van der Waals surface area contributed by atoms with Gasteiger partial charge in [-0.2, -0.15) is 0 Å². The molecule has 90 valence electrons. The fourth-order valence-electron chi connectivity index (χ4n) is 3.42. The van der Waals surface area contributed by atoms with Crippen LogP contribution >= 0.6 is 0 Å². The van der Waals surface area contributed by atoms with Gasteiger partial charge in [-0.3, -0.25) is 0 Å². The van der Waals surface area contributed by atoms with E-state index >= 15 is 0 Å². The van der Waals surface area contributed by atoms with E-state index in [-0.39, 0.29) is 1.43 Å². The van der Waals surface area contributed by atoms with Crippen LogP contribution in [0.4, 0.5) is 0 Å². The number of hydrogen-bond acceptors (Lipinski definition) is 0. The summed E-state index contributed by atoms with van der Waals surface area (Å²) in [4.78, 5) is 0. The zero-order valence-corrected chi connectivity index (χ0v) is 12.9. The second-order valence-electron chi connectivity index (χ2n) is 5.40. The third kappa shape index (κ3) is 2.65. The normalized spacial score (nSPS) is 24.0. The first kappa shape index (κ1) is 11.9. The zero-order valence-electron chi connectivity index (χ0n) is 11.5. The Bertz CT molecular complexity index is 367. The van der Waals surface area contributed by atoms with E-state index in [1.165, 1.54) is 44.9 Å². The summed E-state index contributed by atoms with van der Waals surface area (Å²) in [6, 6.07) is 0. The molecule has 0 aromatic carbocycles. The third-order valence-corrected chi connectivity index (χ3v) is 12.9. The van der Waals surface area contributed by atoms with Crippen molar-refractivity contribution in [3.05, 3.63) is 43.0 Å². The van der Waals surface area contributed by atoms with Crippen LogP contribution in [0.2, 0.25) is 3.63 Å². The number of allylic oxidation sites excluding steroid dienone is 8. The van der Waals surface area contributed by atoms with Gasteiger partial charge in [0.25, 0.3) is 0 Å². The SMILES string of the molecule is C1=CC[C]([Zr+]([C]2=CC=CC2)[CH]2CCCCC2)=C1.[H-]. The molecule has 0 heterocycles. The molecule has 0 bridgehead atoms. The Morgan fingerprint density at radius 3 is 1.94 bits per heavy atom. The molecule has 0 unspecified atom stereocenters. The molecule has 0 spiro atoms. The van der Waals surface area contributed by atoms with Crippen LogP contribution in [0.1, 0.15) is 46.4 Å². The summed E-state index contributed by atoms with van der Waals surface area (Å²) in [6.07, 6.45) is 24.3. The molecule has 0 radical (unpaired) electrons. The van der Waals surface area contributed by atoms with E-state index in [1.54, 1.807) is 0 Å². The van der Waals surface area contributed by atoms with Crippen molar-refractivity contribution in [3.63, 3.8) is 0 Å². The molecule has 0 nitrogen and oxygen atoms in total. The molecular formula is C16H22Zr. The summed E-state index contributed by atoms with van der Waals surface area (Å²) in [7, 11) is 0. The molecule has 0 saturated heterocycles. The molecule has 3 aliphatic carbocycles. The minimum atomic E-state index is -1.48. The van der Waals surface area contributed by atoms with Gasteiger partial charge in [0.05, 0.1) is 0 Å². The van der Waals surface area contributed by atoms with E-state index in [1.807, 2.05) is 6.56 Å². The largest absolute Gasteiger partial charge is 1.00 e. The van der Waals surface area contributed by atoms with E-state index in [2.05, 4.69) is 36.5 Å². The van der Waals surface area contributed by atoms with Crippen molar-refractivity contribution in [2.75, 3.05) is 0 Å². The average Bonchev–Trinajstić information content (AvgIpc) is 3.04. The number of hydrogen-bond donors (Lipinski definition) is 0. The van der Waals surface area contributed by atoms with Crippen molar-refractivity contribution in [1.29, 1.82) is 0 Å². The molecule has 0 amide bonds. The Hall–Kier alpha value is -0.157. The first-order valence-electron chi connectivity index (χ1n) is 7.04.